The monoisotopic (exact) mass is 638 g/mol. The highest BCUT2D eigenvalue weighted by Crippen LogP contribution is 2.46. The first-order valence-electron chi connectivity index (χ1n) is 13.1. The van der Waals surface area contributed by atoms with Crippen LogP contribution in [0, 0.1) is 11.3 Å². The fourth-order valence-corrected chi connectivity index (χ4v) is 6.11. The van der Waals surface area contributed by atoms with E-state index in [-0.39, 0.29) is 47.8 Å². The first-order valence-corrected chi connectivity index (χ1v) is 15.4. The van der Waals surface area contributed by atoms with Crippen LogP contribution >= 0.6 is 11.3 Å². The lowest BCUT2D eigenvalue weighted by molar-refractivity contribution is -0.143. The van der Waals surface area contributed by atoms with Crippen molar-refractivity contribution in [2.45, 2.75) is 38.1 Å². The van der Waals surface area contributed by atoms with E-state index >= 15 is 0 Å². The predicted molar refractivity (Wildman–Crippen MR) is 150 cm³/mol. The lowest BCUT2D eigenvalue weighted by atomic mass is 9.98. The van der Waals surface area contributed by atoms with E-state index in [2.05, 4.69) is 32.1 Å². The van der Waals surface area contributed by atoms with Crippen molar-refractivity contribution in [3.05, 3.63) is 35.2 Å². The van der Waals surface area contributed by atoms with E-state index in [0.29, 0.717) is 42.5 Å². The number of hydrogen-bond donors (Lipinski definition) is 5. The van der Waals surface area contributed by atoms with Crippen molar-refractivity contribution < 1.29 is 37.2 Å². The van der Waals surface area contributed by atoms with Gasteiger partial charge in [-0.25, -0.2) is 14.1 Å². The smallest absolute Gasteiger partial charge is 0.410 e. The van der Waals surface area contributed by atoms with Crippen molar-refractivity contribution in [2.75, 3.05) is 31.9 Å². The zero-order valence-corrected chi connectivity index (χ0v) is 24.3. The first-order chi connectivity index (χ1) is 20.3. The molecule has 232 valence electrons. The molecular formula is C23H30N10O8S2. The Morgan fingerprint density at radius 1 is 1.33 bits per heavy atom. The van der Waals surface area contributed by atoms with E-state index < -0.39 is 45.8 Å². The van der Waals surface area contributed by atoms with E-state index in [0.717, 1.165) is 16.1 Å². The molecule has 0 radical (unpaired) electrons. The molecule has 1 aliphatic carbocycles. The summed E-state index contributed by atoms with van der Waals surface area (Å²) >= 11 is 1.12. The number of aliphatic carboxylic acids is 1. The normalized spacial score (nSPS) is 21.6. The Labute approximate surface area is 249 Å². The number of carboxylic acid groups (broad SMARTS) is 1. The van der Waals surface area contributed by atoms with Crippen molar-refractivity contribution in [3.8, 4) is 0 Å². The van der Waals surface area contributed by atoms with Gasteiger partial charge in [-0.05, 0) is 19.4 Å². The maximum atomic E-state index is 12.9. The van der Waals surface area contributed by atoms with Crippen molar-refractivity contribution >= 4 is 50.5 Å². The third-order valence-electron chi connectivity index (χ3n) is 7.47. The van der Waals surface area contributed by atoms with Gasteiger partial charge in [-0.15, -0.1) is 11.3 Å². The minimum absolute atomic E-state index is 0.0636. The molecule has 20 heteroatoms. The summed E-state index contributed by atoms with van der Waals surface area (Å²) in [6, 6.07) is -2.40. The van der Waals surface area contributed by atoms with Crippen LogP contribution in [0.3, 0.4) is 0 Å². The maximum absolute atomic E-state index is 12.9. The second-order valence-electron chi connectivity index (χ2n) is 10.6. The molecule has 2 aromatic heterocycles. The third-order valence-corrected chi connectivity index (χ3v) is 9.09. The summed E-state index contributed by atoms with van der Waals surface area (Å²) in [7, 11) is -4.94. The van der Waals surface area contributed by atoms with Gasteiger partial charge < -0.3 is 31.5 Å². The third kappa shape index (κ3) is 6.31. The molecule has 1 saturated carbocycles. The molecule has 0 spiro atoms. The molecule has 2 unspecified atom stereocenters. The number of aliphatic imine (C=N–C) groups is 1. The van der Waals surface area contributed by atoms with Gasteiger partial charge in [0.25, 0.3) is 5.91 Å². The van der Waals surface area contributed by atoms with Crippen LogP contribution in [0.4, 0.5) is 9.93 Å². The number of nitrogen functional groups attached to an aromatic ring is 1. The van der Waals surface area contributed by atoms with Gasteiger partial charge in [0.1, 0.15) is 35.8 Å². The van der Waals surface area contributed by atoms with E-state index in [1.165, 1.54) is 11.1 Å². The predicted octanol–water partition coefficient (Wildman–Crippen LogP) is -1.32. The van der Waals surface area contributed by atoms with Gasteiger partial charge in [0.15, 0.2) is 5.13 Å². The fraction of sp³-hybridized carbons (Fsp3) is 0.522. The van der Waals surface area contributed by atoms with Crippen LogP contribution in [0.2, 0.25) is 0 Å². The minimum Gasteiger partial charge on any atom is -0.481 e. The van der Waals surface area contributed by atoms with Crippen molar-refractivity contribution in [1.82, 2.24) is 34.5 Å². The molecule has 2 saturated heterocycles. The Morgan fingerprint density at radius 3 is 2.63 bits per heavy atom. The number of rotatable bonds is 13. The summed E-state index contributed by atoms with van der Waals surface area (Å²) in [5, 5.41) is 22.4. The number of carboxylic acids is 1. The highest BCUT2D eigenvalue weighted by Gasteiger charge is 2.54. The SMILES string of the molecule is C=C(NC1C(=O)N(S(=O)(=O)O)C1Cn1ncc(COC(=O)N2CC(CN)C2)n1)/C(=N\CC1(C(=O)O)CC1)c1csc(N)n1. The van der Waals surface area contributed by atoms with Crippen LogP contribution in [0.15, 0.2) is 28.8 Å². The molecule has 0 bridgehead atoms. The van der Waals surface area contributed by atoms with Gasteiger partial charge in [0.2, 0.25) is 0 Å². The summed E-state index contributed by atoms with van der Waals surface area (Å²) in [5.74, 6) is -1.71. The maximum Gasteiger partial charge on any atom is 0.410 e. The second-order valence-corrected chi connectivity index (χ2v) is 12.7. The second kappa shape index (κ2) is 11.5. The lowest BCUT2D eigenvalue weighted by Gasteiger charge is -2.44. The van der Waals surface area contributed by atoms with Gasteiger partial charge >= 0.3 is 22.4 Å². The highest BCUT2D eigenvalue weighted by molar-refractivity contribution is 7.84. The number of allylic oxidation sites excluding steroid dienone is 1. The van der Waals surface area contributed by atoms with Crippen molar-refractivity contribution in [1.29, 1.82) is 0 Å². The Bertz CT molecular complexity index is 1580. The molecule has 2 aromatic rings. The summed E-state index contributed by atoms with van der Waals surface area (Å²) in [4.78, 5) is 47.9. The van der Waals surface area contributed by atoms with E-state index in [1.807, 2.05) is 0 Å². The first kappa shape index (κ1) is 30.3. The lowest BCUT2D eigenvalue weighted by Crippen LogP contribution is -2.72. The highest BCUT2D eigenvalue weighted by atomic mass is 32.2. The molecular weight excluding hydrogens is 608 g/mol. The number of nitrogens with two attached hydrogens (primary N) is 2. The number of β-lactam (4-membered cyclic amide) rings is 1. The van der Waals surface area contributed by atoms with Crippen LogP contribution in [0.5, 0.6) is 0 Å². The van der Waals surface area contributed by atoms with Crippen molar-refractivity contribution in [2.24, 2.45) is 22.1 Å². The summed E-state index contributed by atoms with van der Waals surface area (Å²) in [5.41, 5.74) is 11.1. The van der Waals surface area contributed by atoms with Gasteiger partial charge in [-0.2, -0.15) is 23.4 Å². The Morgan fingerprint density at radius 2 is 2.05 bits per heavy atom. The number of thiazole rings is 1. The van der Waals surface area contributed by atoms with Gasteiger partial charge in [-0.3, -0.25) is 19.1 Å². The molecule has 18 nitrogen and oxygen atoms in total. The summed E-state index contributed by atoms with van der Waals surface area (Å²) in [6.45, 7) is 4.89. The molecule has 43 heavy (non-hydrogen) atoms. The van der Waals surface area contributed by atoms with Crippen LogP contribution in [0.25, 0.3) is 0 Å². The average molecular weight is 639 g/mol. The number of carbonyl (C=O) groups is 3. The van der Waals surface area contributed by atoms with Crippen LogP contribution in [-0.2, 0) is 37.8 Å². The van der Waals surface area contributed by atoms with E-state index in [4.69, 9.17) is 16.2 Å². The number of carbonyl (C=O) groups excluding carboxylic acids is 2. The van der Waals surface area contributed by atoms with Crippen molar-refractivity contribution in [3.63, 3.8) is 0 Å². The summed E-state index contributed by atoms with van der Waals surface area (Å²) < 4.78 is 39.2. The number of nitrogens with one attached hydrogen (secondary N) is 1. The molecule has 3 fully saturated rings. The zero-order chi connectivity index (χ0) is 31.1. The van der Waals surface area contributed by atoms with Crippen LogP contribution in [0.1, 0.15) is 24.2 Å². The number of aromatic nitrogens is 4. The molecule has 3 aliphatic rings. The average Bonchev–Trinajstić information content (AvgIpc) is 3.38. The molecule has 2 atom stereocenters. The van der Waals surface area contributed by atoms with Crippen LogP contribution in [-0.4, -0.2) is 109 Å². The quantitative estimate of drug-likeness (QED) is 0.0969. The van der Waals surface area contributed by atoms with Gasteiger partial charge in [0, 0.05) is 24.4 Å². The Kier molecular flexibility index (Phi) is 8.11. The van der Waals surface area contributed by atoms with Crippen LogP contribution < -0.4 is 16.8 Å². The molecule has 2 amide bonds. The fourth-order valence-electron chi connectivity index (χ4n) is 4.69. The van der Waals surface area contributed by atoms with Gasteiger partial charge in [0.05, 0.1) is 30.4 Å². The Hall–Kier alpha value is -4.14. The number of likely N-dealkylation sites (tertiary alicyclic amines) is 1. The standard InChI is InChI=1S/C23H30N10O8S2/c1-12(17(15-10-42-21(25)29-15)26-11-23(2-3-23)20(35)36)28-18-16(33(19(18)34)43(38,39)40)8-32-27-5-14(30-32)9-41-22(37)31-6-13(4-24)7-31/h5,10,13,16,18,28H,1-4,6-9,11,24H2,(H2,25,29)(H,35,36)(H,38,39,40)/b26-17+. The number of nitrogens with zero attached hydrogens (tertiary/aromatic N) is 7. The molecule has 7 N–H and O–H groups in total. The molecule has 0 aromatic carbocycles. The molecule has 5 rings (SSSR count). The summed E-state index contributed by atoms with van der Waals surface area (Å²) in [6.07, 6.45) is 1.70. The largest absolute Gasteiger partial charge is 0.481 e. The zero-order valence-electron chi connectivity index (χ0n) is 22.7. The van der Waals surface area contributed by atoms with E-state index in [9.17, 15) is 32.5 Å². The minimum atomic E-state index is -4.94. The van der Waals surface area contributed by atoms with E-state index in [1.54, 1.807) is 5.38 Å². The number of ether oxygens (including phenoxy) is 1. The number of amides is 2. The molecule has 2 aliphatic heterocycles. The number of hydrogen-bond acceptors (Lipinski definition) is 14. The number of anilines is 1. The van der Waals surface area contributed by atoms with Gasteiger partial charge in [-0.1, -0.05) is 6.58 Å². The topological polar surface area (TPSA) is 262 Å². The Balaban J connectivity index is 1.28. The molecule has 4 heterocycles.